The van der Waals surface area contributed by atoms with Gasteiger partial charge in [0.15, 0.2) is 0 Å². The number of fused-ring (bicyclic) bond motifs is 6. The molecule has 0 bridgehead atoms. The van der Waals surface area contributed by atoms with Gasteiger partial charge in [0.05, 0.1) is 0 Å². The van der Waals surface area contributed by atoms with Crippen LogP contribution in [0, 0.1) is 6.92 Å². The average molecular weight is 282 g/mol. The highest BCUT2D eigenvalue weighted by atomic mass is 32.2. The van der Waals surface area contributed by atoms with Gasteiger partial charge in [0.1, 0.15) is 10.7 Å². The molecule has 20 heavy (non-hydrogen) atoms. The third-order valence-corrected chi connectivity index (χ3v) is 4.37. The van der Waals surface area contributed by atoms with Crippen LogP contribution in [-0.4, -0.2) is 8.42 Å². The molecule has 0 N–H and O–H groups in total. The molecule has 5 heteroatoms. The summed E-state index contributed by atoms with van der Waals surface area (Å²) in [7, 11) is -3.75. The second kappa shape index (κ2) is 3.64. The van der Waals surface area contributed by atoms with Crippen LogP contribution in [0.2, 0.25) is 0 Å². The molecule has 3 aromatic carbocycles. The fourth-order valence-electron chi connectivity index (χ4n) is 2.70. The van der Waals surface area contributed by atoms with Gasteiger partial charge in [-0.15, -0.1) is 8.80 Å². The smallest absolute Gasteiger partial charge is 0.179 e. The maximum atomic E-state index is 11.7. The Morgan fingerprint density at radius 1 is 0.800 bits per heavy atom. The van der Waals surface area contributed by atoms with E-state index in [9.17, 15) is 8.42 Å². The molecular weight excluding hydrogens is 272 g/mol. The maximum Gasteiger partial charge on any atom is 0.364 e. The number of benzene rings is 3. The molecule has 0 amide bonds. The van der Waals surface area contributed by atoms with Gasteiger partial charge >= 0.3 is 10.2 Å². The topological polar surface area (TPSA) is 58.9 Å². The lowest BCUT2D eigenvalue weighted by atomic mass is 9.99. The Morgan fingerprint density at radius 2 is 1.40 bits per heavy atom. The quantitative estimate of drug-likeness (QED) is 0.590. The molecule has 1 heterocycles. The lowest BCUT2D eigenvalue weighted by Crippen LogP contribution is -2.23. The summed E-state index contributed by atoms with van der Waals surface area (Å²) >= 11 is 0. The number of rotatable bonds is 0. The van der Waals surface area contributed by atoms with Crippen molar-refractivity contribution in [2.45, 2.75) is 6.92 Å². The van der Waals surface area contributed by atoms with Crippen LogP contribution in [0.25, 0.3) is 21.5 Å². The largest absolute Gasteiger partial charge is 0.364 e. The first-order valence-corrected chi connectivity index (χ1v) is 7.61. The van der Waals surface area contributed by atoms with Gasteiger partial charge < -0.3 is 0 Å². The molecule has 0 unspecified atom stereocenters. The Morgan fingerprint density at radius 3 is 2.15 bits per heavy atom. The first-order valence-electron chi connectivity index (χ1n) is 6.21. The van der Waals surface area contributed by atoms with Gasteiger partial charge in [0, 0.05) is 10.8 Å². The monoisotopic (exact) mass is 282 g/mol. The van der Waals surface area contributed by atoms with E-state index in [1.165, 1.54) is 0 Å². The number of nitrogens with zero attached hydrogens (tertiary/aromatic N) is 2. The minimum absolute atomic E-state index is 0.457. The van der Waals surface area contributed by atoms with Crippen molar-refractivity contribution in [3.8, 4) is 0 Å². The first kappa shape index (κ1) is 11.5. The van der Waals surface area contributed by atoms with E-state index in [-0.39, 0.29) is 0 Å². The van der Waals surface area contributed by atoms with Crippen LogP contribution in [-0.2, 0) is 10.2 Å². The van der Waals surface area contributed by atoms with Crippen LogP contribution in [0.1, 0.15) is 5.56 Å². The fraction of sp³-hybridized carbons (Fsp3) is 0.0667. The minimum atomic E-state index is -3.75. The van der Waals surface area contributed by atoms with Gasteiger partial charge in [-0.2, -0.15) is 8.42 Å². The lowest BCUT2D eigenvalue weighted by Gasteiger charge is -2.04. The summed E-state index contributed by atoms with van der Waals surface area (Å²) in [4.78, 5) is 0. The fourth-order valence-corrected chi connectivity index (χ4v) is 3.58. The highest BCUT2D eigenvalue weighted by Gasteiger charge is 2.17. The number of hydrogen-bond acceptors (Lipinski definition) is 2. The summed E-state index contributed by atoms with van der Waals surface area (Å²) in [6.45, 7) is 1.97. The van der Waals surface area contributed by atoms with Gasteiger partial charge in [-0.1, -0.05) is 42.0 Å². The van der Waals surface area contributed by atoms with Crippen LogP contribution in [0.4, 0.5) is 0 Å². The third-order valence-electron chi connectivity index (χ3n) is 3.54. The van der Waals surface area contributed by atoms with Gasteiger partial charge in [-0.25, -0.2) is 0 Å². The minimum Gasteiger partial charge on any atom is -0.179 e. The molecule has 0 fully saturated rings. The van der Waals surface area contributed by atoms with E-state index in [0.29, 0.717) is 10.7 Å². The van der Waals surface area contributed by atoms with E-state index in [1.807, 2.05) is 49.4 Å². The van der Waals surface area contributed by atoms with Crippen molar-refractivity contribution in [1.29, 1.82) is 0 Å². The normalized spacial score (nSPS) is 15.8. The van der Waals surface area contributed by atoms with E-state index in [2.05, 4.69) is 8.80 Å². The summed E-state index contributed by atoms with van der Waals surface area (Å²) in [5.41, 5.74) is 1.06. The molecule has 0 spiro atoms. The SMILES string of the molecule is Cc1ccc2c(c1)c1c(c3ccccc32)=NS(=O)(=O)N=1. The van der Waals surface area contributed by atoms with Crippen LogP contribution < -0.4 is 10.7 Å². The Hall–Kier alpha value is -2.27. The zero-order valence-electron chi connectivity index (χ0n) is 10.7. The molecule has 0 atom stereocenters. The zero-order chi connectivity index (χ0) is 13.9. The molecule has 0 aromatic heterocycles. The molecule has 0 saturated heterocycles. The van der Waals surface area contributed by atoms with Crippen LogP contribution in [0.15, 0.2) is 51.3 Å². The predicted octanol–water partition coefficient (Wildman–Crippen LogP) is 1.80. The van der Waals surface area contributed by atoms with Crippen molar-refractivity contribution < 1.29 is 8.42 Å². The molecule has 4 rings (SSSR count). The van der Waals surface area contributed by atoms with E-state index >= 15 is 0 Å². The number of hydrogen-bond donors (Lipinski definition) is 0. The standard InChI is InChI=1S/C15H10N2O2S/c1-9-6-7-11-10-4-2-3-5-12(10)14-15(13(11)8-9)17-20(18,19)16-14/h2-8H,1H3. The van der Waals surface area contributed by atoms with E-state index < -0.39 is 10.2 Å². The molecule has 1 aliphatic rings. The lowest BCUT2D eigenvalue weighted by molar-refractivity contribution is 0.599. The molecule has 0 saturated carbocycles. The van der Waals surface area contributed by atoms with Crippen molar-refractivity contribution >= 4 is 31.8 Å². The molecule has 0 radical (unpaired) electrons. The Labute approximate surface area is 115 Å². The van der Waals surface area contributed by atoms with Crippen LogP contribution in [0.3, 0.4) is 0 Å². The Kier molecular flexibility index (Phi) is 2.10. The van der Waals surface area contributed by atoms with Crippen LogP contribution in [0.5, 0.6) is 0 Å². The average Bonchev–Trinajstić information content (AvgIpc) is 2.75. The second-order valence-corrected chi connectivity index (χ2v) is 6.18. The van der Waals surface area contributed by atoms with E-state index in [4.69, 9.17) is 0 Å². The highest BCUT2D eigenvalue weighted by Crippen LogP contribution is 2.22. The summed E-state index contributed by atoms with van der Waals surface area (Å²) in [5, 5.41) is 4.58. The predicted molar refractivity (Wildman–Crippen MR) is 77.4 cm³/mol. The summed E-state index contributed by atoms with van der Waals surface area (Å²) in [6, 6.07) is 13.7. The summed E-state index contributed by atoms with van der Waals surface area (Å²) in [5.74, 6) is 0. The van der Waals surface area contributed by atoms with Crippen molar-refractivity contribution in [2.24, 2.45) is 8.80 Å². The van der Waals surface area contributed by atoms with Crippen molar-refractivity contribution in [2.75, 3.05) is 0 Å². The van der Waals surface area contributed by atoms with Gasteiger partial charge in [-0.05, 0) is 23.8 Å². The zero-order valence-corrected chi connectivity index (χ0v) is 11.5. The first-order chi connectivity index (χ1) is 9.55. The van der Waals surface area contributed by atoms with E-state index in [0.717, 1.165) is 27.1 Å². The summed E-state index contributed by atoms with van der Waals surface area (Å²) in [6.07, 6.45) is 0. The van der Waals surface area contributed by atoms with Crippen LogP contribution >= 0.6 is 0 Å². The van der Waals surface area contributed by atoms with Gasteiger partial charge in [0.2, 0.25) is 0 Å². The molecule has 3 aromatic rings. The summed E-state index contributed by atoms with van der Waals surface area (Å²) < 4.78 is 31.1. The molecular formula is C15H10N2O2S. The molecule has 1 aliphatic heterocycles. The van der Waals surface area contributed by atoms with Crippen molar-refractivity contribution in [3.05, 3.63) is 58.7 Å². The van der Waals surface area contributed by atoms with Gasteiger partial charge in [0.25, 0.3) is 0 Å². The molecule has 98 valence electrons. The molecule has 0 aliphatic carbocycles. The maximum absolute atomic E-state index is 11.7. The number of aryl methyl sites for hydroxylation is 1. The third kappa shape index (κ3) is 1.50. The second-order valence-electron chi connectivity index (χ2n) is 4.92. The van der Waals surface area contributed by atoms with Crippen molar-refractivity contribution in [3.63, 3.8) is 0 Å². The Bertz CT molecular complexity index is 1120. The van der Waals surface area contributed by atoms with E-state index in [1.54, 1.807) is 0 Å². The van der Waals surface area contributed by atoms with Gasteiger partial charge in [-0.3, -0.25) is 0 Å². The molecule has 4 nitrogen and oxygen atoms in total. The van der Waals surface area contributed by atoms with Crippen molar-refractivity contribution in [1.82, 2.24) is 0 Å². The Balaban J connectivity index is 2.48. The highest BCUT2D eigenvalue weighted by molar-refractivity contribution is 7.88.